The number of nitrogens with zero attached hydrogens (tertiary/aromatic N) is 2. The first-order valence-corrected chi connectivity index (χ1v) is 4.90. The number of hydrogen-bond acceptors (Lipinski definition) is 3. The lowest BCUT2D eigenvalue weighted by Crippen LogP contribution is -2.25. The lowest BCUT2D eigenvalue weighted by Gasteiger charge is -2.22. The number of hydrogen-bond donors (Lipinski definition) is 0. The first-order chi connectivity index (χ1) is 6.95. The van der Waals surface area contributed by atoms with Crippen LogP contribution in [0.1, 0.15) is 17.4 Å². The van der Waals surface area contributed by atoms with Crippen molar-refractivity contribution in [2.45, 2.75) is 12.8 Å². The standard InChI is InChI=1S/C11H12N2O.ClH/c1-2-4-10-9(3-1)7-14-11(10)13-6-5-12-8-13;/h1-4,8,11H,5-7H2;1H. The zero-order valence-electron chi connectivity index (χ0n) is 8.30. The predicted molar refractivity (Wildman–Crippen MR) is 61.3 cm³/mol. The minimum Gasteiger partial charge on any atom is -0.349 e. The van der Waals surface area contributed by atoms with Crippen LogP contribution in [0, 0.1) is 0 Å². The Morgan fingerprint density at radius 3 is 3.00 bits per heavy atom. The van der Waals surface area contributed by atoms with Crippen LogP contribution in [0.4, 0.5) is 0 Å². The van der Waals surface area contributed by atoms with E-state index in [-0.39, 0.29) is 18.6 Å². The van der Waals surface area contributed by atoms with Crippen LogP contribution in [0.3, 0.4) is 0 Å². The van der Waals surface area contributed by atoms with Crippen LogP contribution in [0.15, 0.2) is 29.3 Å². The second-order valence-corrected chi connectivity index (χ2v) is 3.62. The molecule has 0 amide bonds. The Morgan fingerprint density at radius 2 is 2.20 bits per heavy atom. The third-order valence-corrected chi connectivity index (χ3v) is 2.74. The molecule has 1 atom stereocenters. The molecule has 0 spiro atoms. The summed E-state index contributed by atoms with van der Waals surface area (Å²) >= 11 is 0. The van der Waals surface area contributed by atoms with E-state index < -0.39 is 0 Å². The van der Waals surface area contributed by atoms with Crippen molar-refractivity contribution in [2.75, 3.05) is 13.1 Å². The van der Waals surface area contributed by atoms with Gasteiger partial charge in [0.1, 0.15) is 0 Å². The lowest BCUT2D eigenvalue weighted by molar-refractivity contribution is -0.0101. The molecule has 0 bridgehead atoms. The highest BCUT2D eigenvalue weighted by molar-refractivity contribution is 5.85. The maximum atomic E-state index is 5.74. The van der Waals surface area contributed by atoms with Gasteiger partial charge >= 0.3 is 0 Å². The van der Waals surface area contributed by atoms with E-state index in [1.54, 1.807) is 0 Å². The van der Waals surface area contributed by atoms with Crippen LogP contribution in [-0.4, -0.2) is 24.3 Å². The molecule has 80 valence electrons. The minimum absolute atomic E-state index is 0. The first kappa shape index (κ1) is 10.5. The second-order valence-electron chi connectivity index (χ2n) is 3.62. The molecule has 0 aliphatic carbocycles. The molecular weight excluding hydrogens is 212 g/mol. The fourth-order valence-electron chi connectivity index (χ4n) is 2.01. The Balaban J connectivity index is 0.000000853. The van der Waals surface area contributed by atoms with E-state index in [0.717, 1.165) is 19.7 Å². The van der Waals surface area contributed by atoms with Gasteiger partial charge in [-0.25, -0.2) is 0 Å². The van der Waals surface area contributed by atoms with Crippen molar-refractivity contribution in [3.05, 3.63) is 35.4 Å². The molecule has 1 aromatic carbocycles. The summed E-state index contributed by atoms with van der Waals surface area (Å²) in [5.41, 5.74) is 2.60. The van der Waals surface area contributed by atoms with Gasteiger partial charge in [-0.15, -0.1) is 12.4 Å². The highest BCUT2D eigenvalue weighted by atomic mass is 35.5. The first-order valence-electron chi connectivity index (χ1n) is 4.90. The molecular formula is C11H13ClN2O. The van der Waals surface area contributed by atoms with Crippen LogP contribution in [0.5, 0.6) is 0 Å². The fourth-order valence-corrected chi connectivity index (χ4v) is 2.01. The summed E-state index contributed by atoms with van der Waals surface area (Å²) in [7, 11) is 0. The predicted octanol–water partition coefficient (Wildman–Crippen LogP) is 1.98. The van der Waals surface area contributed by atoms with Gasteiger partial charge in [-0.3, -0.25) is 4.99 Å². The van der Waals surface area contributed by atoms with Crippen molar-refractivity contribution in [3.8, 4) is 0 Å². The molecule has 0 radical (unpaired) electrons. The van der Waals surface area contributed by atoms with E-state index in [1.165, 1.54) is 11.1 Å². The molecule has 0 fully saturated rings. The quantitative estimate of drug-likeness (QED) is 0.729. The minimum atomic E-state index is 0. The average Bonchev–Trinajstić information content (AvgIpc) is 2.85. The summed E-state index contributed by atoms with van der Waals surface area (Å²) in [4.78, 5) is 6.36. The molecule has 15 heavy (non-hydrogen) atoms. The number of aliphatic imine (C=N–C) groups is 1. The Bertz CT molecular complexity index is 381. The van der Waals surface area contributed by atoms with Gasteiger partial charge in [0.05, 0.1) is 19.5 Å². The van der Waals surface area contributed by atoms with Crippen LogP contribution in [-0.2, 0) is 11.3 Å². The SMILES string of the molecule is C1=NCCN1C1OCc2ccccc21.Cl. The zero-order valence-corrected chi connectivity index (χ0v) is 9.11. The average molecular weight is 225 g/mol. The second kappa shape index (κ2) is 4.21. The van der Waals surface area contributed by atoms with Crippen molar-refractivity contribution in [3.63, 3.8) is 0 Å². The summed E-state index contributed by atoms with van der Waals surface area (Å²) in [6.07, 6.45) is 1.99. The van der Waals surface area contributed by atoms with E-state index in [4.69, 9.17) is 4.74 Å². The van der Waals surface area contributed by atoms with Crippen molar-refractivity contribution in [1.82, 2.24) is 4.90 Å². The van der Waals surface area contributed by atoms with E-state index in [1.807, 2.05) is 6.34 Å². The highest BCUT2D eigenvalue weighted by Gasteiger charge is 2.27. The normalized spacial score (nSPS) is 22.7. The monoisotopic (exact) mass is 224 g/mol. The Kier molecular flexibility index (Phi) is 2.93. The molecule has 0 saturated carbocycles. The molecule has 0 saturated heterocycles. The third-order valence-electron chi connectivity index (χ3n) is 2.74. The Labute approximate surface area is 95.2 Å². The molecule has 1 aromatic rings. The number of fused-ring (bicyclic) bond motifs is 1. The topological polar surface area (TPSA) is 24.8 Å². The largest absolute Gasteiger partial charge is 0.349 e. The van der Waals surface area contributed by atoms with Crippen LogP contribution in [0.25, 0.3) is 0 Å². The molecule has 2 aliphatic heterocycles. The molecule has 3 nitrogen and oxygen atoms in total. The van der Waals surface area contributed by atoms with E-state index in [2.05, 4.69) is 34.2 Å². The summed E-state index contributed by atoms with van der Waals surface area (Å²) in [5, 5.41) is 0. The van der Waals surface area contributed by atoms with Crippen molar-refractivity contribution >= 4 is 18.7 Å². The van der Waals surface area contributed by atoms with Crippen molar-refractivity contribution in [2.24, 2.45) is 4.99 Å². The van der Waals surface area contributed by atoms with E-state index >= 15 is 0 Å². The lowest BCUT2D eigenvalue weighted by atomic mass is 10.1. The van der Waals surface area contributed by atoms with Gasteiger partial charge in [-0.1, -0.05) is 24.3 Å². The molecule has 4 heteroatoms. The summed E-state index contributed by atoms with van der Waals surface area (Å²) in [6.45, 7) is 2.59. The van der Waals surface area contributed by atoms with Gasteiger partial charge in [-0.2, -0.15) is 0 Å². The van der Waals surface area contributed by atoms with E-state index in [9.17, 15) is 0 Å². The number of rotatable bonds is 1. The summed E-state index contributed by atoms with van der Waals surface area (Å²) in [6, 6.07) is 8.39. The van der Waals surface area contributed by atoms with E-state index in [0.29, 0.717) is 0 Å². The Hall–Kier alpha value is -1.06. The molecule has 0 aromatic heterocycles. The number of benzene rings is 1. The molecule has 2 heterocycles. The van der Waals surface area contributed by atoms with Gasteiger partial charge in [-0.05, 0) is 5.56 Å². The van der Waals surface area contributed by atoms with Crippen LogP contribution >= 0.6 is 12.4 Å². The van der Waals surface area contributed by atoms with Gasteiger partial charge in [0, 0.05) is 12.1 Å². The number of halogens is 1. The summed E-state index contributed by atoms with van der Waals surface area (Å²) < 4.78 is 5.74. The van der Waals surface area contributed by atoms with Gasteiger partial charge < -0.3 is 9.64 Å². The smallest absolute Gasteiger partial charge is 0.157 e. The third kappa shape index (κ3) is 1.73. The van der Waals surface area contributed by atoms with Crippen molar-refractivity contribution in [1.29, 1.82) is 0 Å². The molecule has 2 aliphatic rings. The van der Waals surface area contributed by atoms with Crippen LogP contribution in [0.2, 0.25) is 0 Å². The molecule has 1 unspecified atom stereocenters. The van der Waals surface area contributed by atoms with Gasteiger partial charge in [0.15, 0.2) is 6.23 Å². The zero-order chi connectivity index (χ0) is 9.38. The summed E-state index contributed by atoms with van der Waals surface area (Å²) in [5.74, 6) is 0. The highest BCUT2D eigenvalue weighted by Crippen LogP contribution is 2.32. The maximum Gasteiger partial charge on any atom is 0.157 e. The fraction of sp³-hybridized carbons (Fsp3) is 0.364. The van der Waals surface area contributed by atoms with Gasteiger partial charge in [0.2, 0.25) is 0 Å². The van der Waals surface area contributed by atoms with Crippen LogP contribution < -0.4 is 0 Å². The Morgan fingerprint density at radius 1 is 1.33 bits per heavy atom. The number of ether oxygens (including phenoxy) is 1. The molecule has 3 rings (SSSR count). The molecule has 0 N–H and O–H groups in total. The van der Waals surface area contributed by atoms with Gasteiger partial charge in [0.25, 0.3) is 0 Å². The maximum absolute atomic E-state index is 5.74. The van der Waals surface area contributed by atoms with Crippen molar-refractivity contribution < 1.29 is 4.74 Å².